The zero-order valence-electron chi connectivity index (χ0n) is 23.2. The van der Waals surface area contributed by atoms with Gasteiger partial charge in [0, 0.05) is 37.3 Å². The van der Waals surface area contributed by atoms with Gasteiger partial charge in [-0.1, -0.05) is 29.8 Å². The Bertz CT molecular complexity index is 1870. The van der Waals surface area contributed by atoms with Gasteiger partial charge in [0.05, 0.1) is 52.7 Å². The minimum absolute atomic E-state index is 0.121. The van der Waals surface area contributed by atoms with Crippen molar-refractivity contribution in [3.63, 3.8) is 0 Å². The van der Waals surface area contributed by atoms with Crippen LogP contribution in [0.5, 0.6) is 5.88 Å². The maximum absolute atomic E-state index is 15.5. The van der Waals surface area contributed by atoms with E-state index in [0.717, 1.165) is 6.07 Å². The van der Waals surface area contributed by atoms with E-state index in [1.165, 1.54) is 31.4 Å². The molecule has 0 N–H and O–H groups in total. The molecule has 0 bridgehead atoms. The predicted molar refractivity (Wildman–Crippen MR) is 156 cm³/mol. The first-order valence-corrected chi connectivity index (χ1v) is 13.5. The Labute approximate surface area is 251 Å². The van der Waals surface area contributed by atoms with Crippen molar-refractivity contribution in [1.29, 1.82) is 5.26 Å². The van der Waals surface area contributed by atoms with Crippen molar-refractivity contribution >= 4 is 28.6 Å². The Morgan fingerprint density at radius 1 is 0.977 bits per heavy atom. The summed E-state index contributed by atoms with van der Waals surface area (Å²) in [5.41, 5.74) is 3.33. The third-order valence-electron chi connectivity index (χ3n) is 6.82. The van der Waals surface area contributed by atoms with Crippen LogP contribution in [0.15, 0.2) is 66.7 Å². The number of nitrogens with zero attached hydrogens (tertiary/aromatic N) is 4. The molecule has 3 aromatic carbocycles. The SMILES string of the molecule is COCCn1c(Cc2ccc(-c3nc(OCc4ccc(C#N)cc4F)ccc3Cl)cc2F)nc2ccc(C(=O)OC)cc21. The van der Waals surface area contributed by atoms with E-state index < -0.39 is 17.6 Å². The summed E-state index contributed by atoms with van der Waals surface area (Å²) in [4.78, 5) is 21.2. The number of benzene rings is 3. The number of nitriles is 1. The minimum atomic E-state index is -0.564. The van der Waals surface area contributed by atoms with Crippen molar-refractivity contribution in [2.45, 2.75) is 19.6 Å². The zero-order valence-corrected chi connectivity index (χ0v) is 24.0. The van der Waals surface area contributed by atoms with Crippen LogP contribution >= 0.6 is 11.6 Å². The number of aromatic nitrogens is 3. The van der Waals surface area contributed by atoms with Gasteiger partial charge in [0.1, 0.15) is 24.1 Å². The molecule has 2 aromatic heterocycles. The second kappa shape index (κ2) is 13.0. The monoisotopic (exact) mass is 602 g/mol. The molecule has 0 fully saturated rings. The van der Waals surface area contributed by atoms with Crippen LogP contribution in [0.25, 0.3) is 22.3 Å². The number of esters is 1. The molecule has 0 radical (unpaired) electrons. The van der Waals surface area contributed by atoms with Crippen LogP contribution in [-0.2, 0) is 29.0 Å². The van der Waals surface area contributed by atoms with Crippen molar-refractivity contribution in [1.82, 2.24) is 14.5 Å². The van der Waals surface area contributed by atoms with Crippen LogP contribution in [0.4, 0.5) is 8.78 Å². The number of carbonyl (C=O) groups excluding carboxylic acids is 1. The summed E-state index contributed by atoms with van der Waals surface area (Å²) < 4.78 is 47.4. The normalized spacial score (nSPS) is 11.0. The predicted octanol–water partition coefficient (Wildman–Crippen LogP) is 6.50. The van der Waals surface area contributed by atoms with Gasteiger partial charge in [-0.15, -0.1) is 0 Å². The molecule has 0 aliphatic carbocycles. The third-order valence-corrected chi connectivity index (χ3v) is 7.13. The number of fused-ring (bicyclic) bond motifs is 1. The van der Waals surface area contributed by atoms with E-state index in [1.54, 1.807) is 43.5 Å². The molecule has 218 valence electrons. The molecule has 0 saturated carbocycles. The summed E-state index contributed by atoms with van der Waals surface area (Å²) in [7, 11) is 2.90. The first-order valence-electron chi connectivity index (χ1n) is 13.1. The van der Waals surface area contributed by atoms with Crippen molar-refractivity contribution in [3.8, 4) is 23.2 Å². The largest absolute Gasteiger partial charge is 0.473 e. The smallest absolute Gasteiger partial charge is 0.337 e. The highest BCUT2D eigenvalue weighted by molar-refractivity contribution is 6.33. The highest BCUT2D eigenvalue weighted by Gasteiger charge is 2.17. The Kier molecular flexibility index (Phi) is 8.95. The summed E-state index contributed by atoms with van der Waals surface area (Å²) in [5, 5.41) is 9.21. The van der Waals surface area contributed by atoms with Gasteiger partial charge >= 0.3 is 5.97 Å². The van der Waals surface area contributed by atoms with E-state index >= 15 is 4.39 Å². The Morgan fingerprint density at radius 3 is 2.49 bits per heavy atom. The second-order valence-corrected chi connectivity index (χ2v) is 9.94. The first-order chi connectivity index (χ1) is 20.8. The quantitative estimate of drug-likeness (QED) is 0.168. The van der Waals surface area contributed by atoms with Gasteiger partial charge in [0.2, 0.25) is 5.88 Å². The average Bonchev–Trinajstić information content (AvgIpc) is 3.36. The molecular weight excluding hydrogens is 578 g/mol. The number of methoxy groups -OCH3 is 2. The van der Waals surface area contributed by atoms with Crippen LogP contribution in [0.1, 0.15) is 32.9 Å². The van der Waals surface area contributed by atoms with Gasteiger partial charge in [-0.05, 0) is 48.0 Å². The molecule has 5 aromatic rings. The summed E-state index contributed by atoms with van der Waals surface area (Å²) in [6.07, 6.45) is 0.179. The lowest BCUT2D eigenvalue weighted by Gasteiger charge is -2.12. The van der Waals surface area contributed by atoms with Gasteiger partial charge in [0.25, 0.3) is 0 Å². The lowest BCUT2D eigenvalue weighted by atomic mass is 10.1. The van der Waals surface area contributed by atoms with Crippen LogP contribution in [-0.4, -0.2) is 41.3 Å². The number of hydrogen-bond acceptors (Lipinski definition) is 7. The molecule has 0 amide bonds. The Hall–Kier alpha value is -4.85. The van der Waals surface area contributed by atoms with E-state index in [4.69, 9.17) is 36.1 Å². The molecule has 0 aliphatic rings. The summed E-state index contributed by atoms with van der Waals surface area (Å²) in [6.45, 7) is 0.720. The number of halogens is 3. The number of ether oxygens (including phenoxy) is 3. The lowest BCUT2D eigenvalue weighted by Crippen LogP contribution is -2.10. The number of rotatable bonds is 10. The van der Waals surface area contributed by atoms with E-state index in [0.29, 0.717) is 52.4 Å². The van der Waals surface area contributed by atoms with Crippen molar-refractivity contribution < 1.29 is 27.8 Å². The number of imidazole rings is 1. The van der Waals surface area contributed by atoms with Crippen LogP contribution < -0.4 is 4.74 Å². The van der Waals surface area contributed by atoms with E-state index in [1.807, 2.05) is 10.6 Å². The van der Waals surface area contributed by atoms with Gasteiger partial charge in [-0.2, -0.15) is 5.26 Å². The fourth-order valence-electron chi connectivity index (χ4n) is 4.59. The Balaban J connectivity index is 1.39. The summed E-state index contributed by atoms with van der Waals surface area (Å²) in [6, 6.07) is 18.8. The zero-order chi connectivity index (χ0) is 30.5. The fourth-order valence-corrected chi connectivity index (χ4v) is 4.80. The maximum atomic E-state index is 15.5. The van der Waals surface area contributed by atoms with Crippen molar-refractivity contribution in [3.05, 3.63) is 111 Å². The topological polar surface area (TPSA) is 99.3 Å². The number of hydrogen-bond donors (Lipinski definition) is 0. The van der Waals surface area contributed by atoms with Crippen LogP contribution in [0.2, 0.25) is 5.02 Å². The first kappa shape index (κ1) is 29.6. The molecule has 43 heavy (non-hydrogen) atoms. The van der Waals surface area contributed by atoms with Gasteiger partial charge in [-0.25, -0.2) is 23.5 Å². The standard InChI is InChI=1S/C32H25ClF2N4O4/c1-41-12-11-39-28-15-22(32(40)42-2)7-9-27(28)37-29(39)16-20-5-6-21(14-26(20)35)31-24(33)8-10-30(38-31)43-18-23-4-3-19(17-36)13-25(23)34/h3-10,13-15H,11-12,16,18H2,1-2H3. The molecule has 8 nitrogen and oxygen atoms in total. The van der Waals surface area contributed by atoms with Gasteiger partial charge in [0.15, 0.2) is 0 Å². The summed E-state index contributed by atoms with van der Waals surface area (Å²) in [5.74, 6) is -0.742. The summed E-state index contributed by atoms with van der Waals surface area (Å²) >= 11 is 6.40. The van der Waals surface area contributed by atoms with Crippen molar-refractivity contribution in [2.24, 2.45) is 0 Å². The van der Waals surface area contributed by atoms with E-state index in [-0.39, 0.29) is 35.1 Å². The maximum Gasteiger partial charge on any atom is 0.337 e. The molecular formula is C32H25ClF2N4O4. The highest BCUT2D eigenvalue weighted by Crippen LogP contribution is 2.31. The molecule has 0 atom stereocenters. The lowest BCUT2D eigenvalue weighted by molar-refractivity contribution is 0.0601. The van der Waals surface area contributed by atoms with Crippen LogP contribution in [0.3, 0.4) is 0 Å². The van der Waals surface area contributed by atoms with Crippen molar-refractivity contribution in [2.75, 3.05) is 20.8 Å². The molecule has 11 heteroatoms. The number of carbonyl (C=O) groups is 1. The molecule has 0 saturated heterocycles. The molecule has 5 rings (SSSR count). The number of pyridine rings is 1. The molecule has 0 spiro atoms. The molecule has 0 aliphatic heterocycles. The van der Waals surface area contributed by atoms with E-state index in [9.17, 15) is 9.18 Å². The van der Waals surface area contributed by atoms with Crippen LogP contribution in [0, 0.1) is 23.0 Å². The second-order valence-electron chi connectivity index (χ2n) is 9.54. The third kappa shape index (κ3) is 6.48. The molecule has 0 unspecified atom stereocenters. The van der Waals surface area contributed by atoms with Gasteiger partial charge < -0.3 is 18.8 Å². The molecule has 2 heterocycles. The Morgan fingerprint density at radius 2 is 1.77 bits per heavy atom. The average molecular weight is 603 g/mol. The minimum Gasteiger partial charge on any atom is -0.473 e. The highest BCUT2D eigenvalue weighted by atomic mass is 35.5. The fraction of sp³-hybridized carbons (Fsp3) is 0.188. The van der Waals surface area contributed by atoms with E-state index in [2.05, 4.69) is 4.98 Å². The van der Waals surface area contributed by atoms with Gasteiger partial charge in [-0.3, -0.25) is 0 Å².